The third-order valence-corrected chi connectivity index (χ3v) is 7.18. The Labute approximate surface area is 188 Å². The fourth-order valence-electron chi connectivity index (χ4n) is 3.46. The van der Waals surface area contributed by atoms with E-state index >= 15 is 0 Å². The van der Waals surface area contributed by atoms with Gasteiger partial charge in [-0.3, -0.25) is 18.5 Å². The number of benzene rings is 2. The summed E-state index contributed by atoms with van der Waals surface area (Å²) in [5, 5.41) is 0.324. The highest BCUT2D eigenvalue weighted by atomic mass is 35.5. The number of aromatic nitrogens is 2. The number of halogens is 4. The second-order valence-electron chi connectivity index (χ2n) is 7.33. The molecule has 0 amide bonds. The molecular formula is C21H19ClF3N3O3S. The van der Waals surface area contributed by atoms with Gasteiger partial charge in [-0.1, -0.05) is 23.7 Å². The van der Waals surface area contributed by atoms with Gasteiger partial charge in [-0.15, -0.1) is 0 Å². The van der Waals surface area contributed by atoms with E-state index < -0.39 is 27.9 Å². The number of anilines is 1. The fourth-order valence-corrected chi connectivity index (χ4v) is 4.91. The molecule has 1 aliphatic heterocycles. The molecule has 1 aliphatic rings. The predicted molar refractivity (Wildman–Crippen MR) is 120 cm³/mol. The number of rotatable bonds is 3. The van der Waals surface area contributed by atoms with Gasteiger partial charge in [-0.25, -0.2) is 4.98 Å². The second-order valence-corrected chi connectivity index (χ2v) is 10.2. The topological polar surface area (TPSA) is 78.6 Å². The first-order valence-electron chi connectivity index (χ1n) is 9.60. The molecule has 170 valence electrons. The SMILES string of the molecule is O=c1cc(N2CCS(O)(O)CC2)nc(-c2ccccc2Cl)n1-c1ccc(C(F)(F)F)cc1. The molecule has 0 radical (unpaired) electrons. The van der Waals surface area contributed by atoms with Gasteiger partial charge in [0.1, 0.15) is 5.82 Å². The van der Waals surface area contributed by atoms with Crippen LogP contribution in [0.2, 0.25) is 5.02 Å². The molecule has 2 aromatic carbocycles. The van der Waals surface area contributed by atoms with Crippen molar-refractivity contribution in [3.63, 3.8) is 0 Å². The smallest absolute Gasteiger partial charge is 0.353 e. The molecule has 1 fully saturated rings. The Morgan fingerprint density at radius 1 is 1.00 bits per heavy atom. The van der Waals surface area contributed by atoms with Crippen LogP contribution in [-0.4, -0.2) is 43.3 Å². The van der Waals surface area contributed by atoms with Gasteiger partial charge in [0.25, 0.3) is 5.56 Å². The van der Waals surface area contributed by atoms with Crippen molar-refractivity contribution < 1.29 is 22.3 Å². The predicted octanol–water partition coefficient (Wildman–Crippen LogP) is 5.14. The van der Waals surface area contributed by atoms with Gasteiger partial charge in [0.15, 0.2) is 5.82 Å². The van der Waals surface area contributed by atoms with Gasteiger partial charge >= 0.3 is 6.18 Å². The molecule has 0 saturated carbocycles. The summed E-state index contributed by atoms with van der Waals surface area (Å²) in [7, 11) is -2.64. The van der Waals surface area contributed by atoms with Crippen molar-refractivity contribution >= 4 is 28.0 Å². The second kappa shape index (κ2) is 8.43. The third kappa shape index (κ3) is 4.63. The molecular weight excluding hydrogens is 467 g/mol. The molecule has 1 aromatic heterocycles. The van der Waals surface area contributed by atoms with Crippen LogP contribution >= 0.6 is 22.2 Å². The van der Waals surface area contributed by atoms with Gasteiger partial charge in [-0.05, 0) is 36.4 Å². The van der Waals surface area contributed by atoms with E-state index in [2.05, 4.69) is 4.98 Å². The maximum Gasteiger partial charge on any atom is 0.416 e. The van der Waals surface area contributed by atoms with Crippen LogP contribution in [0.1, 0.15) is 5.56 Å². The Hall–Kier alpha value is -2.53. The molecule has 11 heteroatoms. The first-order valence-corrected chi connectivity index (χ1v) is 11.9. The van der Waals surface area contributed by atoms with Crippen LogP contribution in [0, 0.1) is 0 Å². The number of alkyl halides is 3. The minimum atomic E-state index is -4.50. The Kier molecular flexibility index (Phi) is 5.97. The van der Waals surface area contributed by atoms with Gasteiger partial charge in [0.2, 0.25) is 0 Å². The number of hydrogen-bond acceptors (Lipinski definition) is 5. The first-order chi connectivity index (χ1) is 15.0. The lowest BCUT2D eigenvalue weighted by Crippen LogP contribution is -2.39. The van der Waals surface area contributed by atoms with Crippen LogP contribution < -0.4 is 10.5 Å². The van der Waals surface area contributed by atoms with Crippen molar-refractivity contribution in [1.29, 1.82) is 0 Å². The summed E-state index contributed by atoms with van der Waals surface area (Å²) in [6.45, 7) is 0.613. The maximum atomic E-state index is 13.1. The standard InChI is InChI=1S/C21H19ClF3N3O3S/c22-17-4-2-1-3-16(17)20-26-18(27-9-11-32(30,31)12-10-27)13-19(29)28(20)15-7-5-14(6-8-15)21(23,24)25/h1-8,13,30-31H,9-12H2. The van der Waals surface area contributed by atoms with E-state index in [0.717, 1.165) is 12.1 Å². The Bertz CT molecular complexity index is 1190. The van der Waals surface area contributed by atoms with Crippen LogP contribution in [0.15, 0.2) is 59.4 Å². The molecule has 0 aliphatic carbocycles. The van der Waals surface area contributed by atoms with Crippen LogP contribution in [0.5, 0.6) is 0 Å². The summed E-state index contributed by atoms with van der Waals surface area (Å²) >= 11 is 6.35. The summed E-state index contributed by atoms with van der Waals surface area (Å²) in [4.78, 5) is 19.5. The number of hydrogen-bond donors (Lipinski definition) is 2. The molecule has 2 N–H and O–H groups in total. The van der Waals surface area contributed by atoms with Crippen molar-refractivity contribution in [2.24, 2.45) is 0 Å². The summed E-state index contributed by atoms with van der Waals surface area (Å²) in [6, 6.07) is 12.2. The van der Waals surface area contributed by atoms with E-state index in [0.29, 0.717) is 29.5 Å². The quantitative estimate of drug-likeness (QED) is 0.537. The average Bonchev–Trinajstić information content (AvgIpc) is 2.73. The van der Waals surface area contributed by atoms with E-state index in [1.54, 1.807) is 29.2 Å². The monoisotopic (exact) mass is 485 g/mol. The van der Waals surface area contributed by atoms with Crippen molar-refractivity contribution in [1.82, 2.24) is 9.55 Å². The molecule has 4 rings (SSSR count). The van der Waals surface area contributed by atoms with Crippen molar-refractivity contribution in [2.75, 3.05) is 29.5 Å². The first kappa shape index (κ1) is 22.7. The lowest BCUT2D eigenvalue weighted by atomic mass is 10.1. The van der Waals surface area contributed by atoms with Crippen molar-refractivity contribution in [3.05, 3.63) is 75.5 Å². The Morgan fingerprint density at radius 3 is 2.22 bits per heavy atom. The largest absolute Gasteiger partial charge is 0.416 e. The number of nitrogens with zero attached hydrogens (tertiary/aromatic N) is 3. The highest BCUT2D eigenvalue weighted by Gasteiger charge is 2.30. The molecule has 1 saturated heterocycles. The van der Waals surface area contributed by atoms with E-state index in [-0.39, 0.29) is 23.0 Å². The van der Waals surface area contributed by atoms with Crippen LogP contribution in [0.3, 0.4) is 0 Å². The molecule has 3 aromatic rings. The zero-order valence-electron chi connectivity index (χ0n) is 16.6. The van der Waals surface area contributed by atoms with Gasteiger partial charge < -0.3 is 4.90 Å². The molecule has 0 unspecified atom stereocenters. The Balaban J connectivity index is 1.85. The van der Waals surface area contributed by atoms with Crippen LogP contribution in [0.25, 0.3) is 17.1 Å². The van der Waals surface area contributed by atoms with Crippen LogP contribution in [0.4, 0.5) is 19.0 Å². The molecule has 32 heavy (non-hydrogen) atoms. The minimum absolute atomic E-state index is 0.165. The molecule has 2 heterocycles. The molecule has 0 spiro atoms. The van der Waals surface area contributed by atoms with Crippen LogP contribution in [-0.2, 0) is 6.18 Å². The molecule has 0 atom stereocenters. The summed E-state index contributed by atoms with van der Waals surface area (Å²) < 4.78 is 59.9. The normalized spacial score (nSPS) is 17.2. The molecule has 6 nitrogen and oxygen atoms in total. The van der Waals surface area contributed by atoms with E-state index in [1.807, 2.05) is 0 Å². The van der Waals surface area contributed by atoms with Gasteiger partial charge in [0.05, 0.1) is 27.8 Å². The zero-order chi connectivity index (χ0) is 23.1. The highest BCUT2D eigenvalue weighted by Crippen LogP contribution is 2.41. The van der Waals surface area contributed by atoms with Gasteiger partial charge in [0, 0.05) is 24.7 Å². The third-order valence-electron chi connectivity index (χ3n) is 5.17. The minimum Gasteiger partial charge on any atom is -0.353 e. The molecule has 0 bridgehead atoms. The van der Waals surface area contributed by atoms with Gasteiger partial charge in [-0.2, -0.15) is 23.8 Å². The lowest BCUT2D eigenvalue weighted by Gasteiger charge is -2.41. The summed E-state index contributed by atoms with van der Waals surface area (Å²) in [5.41, 5.74) is -0.675. The maximum absolute atomic E-state index is 13.1. The average molecular weight is 486 g/mol. The van der Waals surface area contributed by atoms with Crippen molar-refractivity contribution in [2.45, 2.75) is 6.18 Å². The summed E-state index contributed by atoms with van der Waals surface area (Å²) in [6.07, 6.45) is -4.50. The van der Waals surface area contributed by atoms with E-state index in [1.165, 1.54) is 22.8 Å². The summed E-state index contributed by atoms with van der Waals surface area (Å²) in [5.74, 6) is 0.842. The van der Waals surface area contributed by atoms with E-state index in [9.17, 15) is 27.1 Å². The highest BCUT2D eigenvalue weighted by molar-refractivity contribution is 8.24. The zero-order valence-corrected chi connectivity index (χ0v) is 18.2. The Morgan fingerprint density at radius 2 is 1.62 bits per heavy atom. The van der Waals surface area contributed by atoms with Crippen molar-refractivity contribution in [3.8, 4) is 17.1 Å². The lowest BCUT2D eigenvalue weighted by molar-refractivity contribution is -0.137. The van der Waals surface area contributed by atoms with E-state index in [4.69, 9.17) is 11.6 Å². The fraction of sp³-hybridized carbons (Fsp3) is 0.238.